The van der Waals surface area contributed by atoms with Gasteiger partial charge in [-0.25, -0.2) is 0 Å². The lowest BCUT2D eigenvalue weighted by Crippen LogP contribution is -2.51. The zero-order valence-corrected chi connectivity index (χ0v) is 21.0. The Labute approximate surface area is 205 Å². The molecule has 5 aliphatic rings. The van der Waals surface area contributed by atoms with Crippen LogP contribution in [0.1, 0.15) is 76.2 Å². The number of nitrogens with zero attached hydrogens (tertiary/aromatic N) is 2. The minimum atomic E-state index is 0.495. The van der Waals surface area contributed by atoms with Gasteiger partial charge in [0.15, 0.2) is 0 Å². The summed E-state index contributed by atoms with van der Waals surface area (Å²) in [6, 6.07) is 10.2. The lowest BCUT2D eigenvalue weighted by atomic mass is 9.49. The number of aromatic nitrogens is 1. The Kier molecular flexibility index (Phi) is 5.51. The van der Waals surface area contributed by atoms with Crippen LogP contribution in [0.15, 0.2) is 36.7 Å². The van der Waals surface area contributed by atoms with E-state index in [0.717, 1.165) is 54.8 Å². The number of ether oxygens (including phenoxy) is 1. The maximum absolute atomic E-state index is 5.63. The summed E-state index contributed by atoms with van der Waals surface area (Å²) in [5, 5.41) is 2.64. The Morgan fingerprint density at radius 1 is 0.882 bits per heavy atom. The lowest BCUT2D eigenvalue weighted by molar-refractivity contribution is -0.0723. The van der Waals surface area contributed by atoms with Crippen LogP contribution in [0.5, 0.6) is 0 Å². The van der Waals surface area contributed by atoms with Crippen molar-refractivity contribution < 1.29 is 4.74 Å². The summed E-state index contributed by atoms with van der Waals surface area (Å²) in [6.45, 7) is 6.91. The highest BCUT2D eigenvalue weighted by atomic mass is 16.5. The van der Waals surface area contributed by atoms with Crippen LogP contribution in [-0.4, -0.2) is 42.2 Å². The molecule has 8 atom stereocenters. The predicted molar refractivity (Wildman–Crippen MR) is 138 cm³/mol. The van der Waals surface area contributed by atoms with Crippen LogP contribution >= 0.6 is 0 Å². The molecule has 2 heterocycles. The number of hydrogen-bond donors (Lipinski definition) is 0. The number of benzene rings is 1. The Morgan fingerprint density at radius 3 is 2.68 bits per heavy atom. The monoisotopic (exact) mass is 458 g/mol. The Hall–Kier alpha value is -1.45. The van der Waals surface area contributed by atoms with Crippen molar-refractivity contribution in [3.63, 3.8) is 0 Å². The standard InChI is InChI=1S/C31H42N2O/c1-31-12-10-27-26-7-5-25(33-14-16-34-17-15-33)19-22(26)4-6-28(27)30(31)9-8-29(31)23-3-2-21-11-13-32-20-24(21)18-23/h2-3,11,13,18,20,22,25-30H,4-10,12,14-17,19H2,1H3/t22-,25-,26-,27+,28+,29?,30-,31+/m0/s1. The van der Waals surface area contributed by atoms with E-state index in [0.29, 0.717) is 5.41 Å². The number of hydrogen-bond acceptors (Lipinski definition) is 3. The molecule has 1 aliphatic heterocycles. The van der Waals surface area contributed by atoms with E-state index in [2.05, 4.69) is 47.3 Å². The summed E-state index contributed by atoms with van der Waals surface area (Å²) in [6.07, 6.45) is 17.2. The molecule has 34 heavy (non-hydrogen) atoms. The van der Waals surface area contributed by atoms with Gasteiger partial charge in [0, 0.05) is 36.9 Å². The van der Waals surface area contributed by atoms with Crippen LogP contribution in [0.25, 0.3) is 10.8 Å². The molecule has 7 rings (SSSR count). The highest BCUT2D eigenvalue weighted by Gasteiger charge is 2.57. The van der Waals surface area contributed by atoms with E-state index in [1.807, 2.05) is 6.20 Å². The third-order valence-electron chi connectivity index (χ3n) is 11.6. The predicted octanol–water partition coefficient (Wildman–Crippen LogP) is 6.67. The average molecular weight is 459 g/mol. The molecule has 3 heteroatoms. The molecule has 0 radical (unpaired) electrons. The van der Waals surface area contributed by atoms with Crippen LogP contribution in [0.2, 0.25) is 0 Å². The Bertz CT molecular complexity index is 1030. The van der Waals surface area contributed by atoms with Gasteiger partial charge in [-0.15, -0.1) is 0 Å². The van der Waals surface area contributed by atoms with E-state index in [4.69, 9.17) is 4.74 Å². The first kappa shape index (κ1) is 21.8. The van der Waals surface area contributed by atoms with E-state index in [1.54, 1.807) is 5.56 Å². The fraction of sp³-hybridized carbons (Fsp3) is 0.710. The zero-order chi connectivity index (χ0) is 22.7. The highest BCUT2D eigenvalue weighted by molar-refractivity contribution is 5.82. The van der Waals surface area contributed by atoms with Gasteiger partial charge in [0.05, 0.1) is 13.2 Å². The van der Waals surface area contributed by atoms with Gasteiger partial charge in [0.2, 0.25) is 0 Å². The molecular formula is C31H42N2O. The molecular weight excluding hydrogens is 416 g/mol. The van der Waals surface area contributed by atoms with Crippen molar-refractivity contribution in [3.8, 4) is 0 Å². The van der Waals surface area contributed by atoms with Gasteiger partial charge in [-0.05, 0) is 122 Å². The van der Waals surface area contributed by atoms with Gasteiger partial charge in [0.1, 0.15) is 0 Å². The van der Waals surface area contributed by atoms with Gasteiger partial charge in [-0.1, -0.05) is 19.1 Å². The maximum Gasteiger partial charge on any atom is 0.0594 e. The van der Waals surface area contributed by atoms with E-state index < -0.39 is 0 Å². The minimum absolute atomic E-state index is 0.495. The van der Waals surface area contributed by atoms with E-state index in [9.17, 15) is 0 Å². The molecule has 5 fully saturated rings. The van der Waals surface area contributed by atoms with Crippen molar-refractivity contribution in [1.29, 1.82) is 0 Å². The first-order valence-corrected chi connectivity index (χ1v) is 14.4. The molecule has 1 saturated heterocycles. The van der Waals surface area contributed by atoms with Gasteiger partial charge in [0.25, 0.3) is 0 Å². The lowest BCUT2D eigenvalue weighted by Gasteiger charge is -2.57. The van der Waals surface area contributed by atoms with E-state index >= 15 is 0 Å². The van der Waals surface area contributed by atoms with Crippen molar-refractivity contribution in [2.75, 3.05) is 26.3 Å². The summed E-state index contributed by atoms with van der Waals surface area (Å²) >= 11 is 0. The SMILES string of the molecule is C[C@]12CC[C@H]3[C@@H](CC[C@H]4C[C@@H](N5CCOCC5)CC[C@@H]43)[C@@H]1CCC2c1ccc2ccncc2c1. The molecule has 1 unspecified atom stereocenters. The third kappa shape index (κ3) is 3.48. The number of pyridine rings is 1. The molecule has 3 nitrogen and oxygen atoms in total. The van der Waals surface area contributed by atoms with Gasteiger partial charge in [-0.3, -0.25) is 9.88 Å². The molecule has 0 N–H and O–H groups in total. The fourth-order valence-electron chi connectivity index (χ4n) is 9.97. The third-order valence-corrected chi connectivity index (χ3v) is 11.6. The molecule has 4 aliphatic carbocycles. The summed E-state index contributed by atoms with van der Waals surface area (Å²) in [5.41, 5.74) is 2.08. The second kappa shape index (κ2) is 8.59. The van der Waals surface area contributed by atoms with Crippen molar-refractivity contribution in [3.05, 3.63) is 42.2 Å². The van der Waals surface area contributed by atoms with Gasteiger partial charge < -0.3 is 4.74 Å². The van der Waals surface area contributed by atoms with Gasteiger partial charge >= 0.3 is 0 Å². The first-order chi connectivity index (χ1) is 16.7. The van der Waals surface area contributed by atoms with E-state index in [-0.39, 0.29) is 0 Å². The average Bonchev–Trinajstić information content (AvgIpc) is 3.25. The topological polar surface area (TPSA) is 25.4 Å². The summed E-state index contributed by atoms with van der Waals surface area (Å²) in [7, 11) is 0. The molecule has 2 aromatic rings. The molecule has 4 saturated carbocycles. The van der Waals surface area contributed by atoms with Crippen LogP contribution in [-0.2, 0) is 4.74 Å². The second-order valence-corrected chi connectivity index (χ2v) is 12.7. The molecule has 0 amide bonds. The van der Waals surface area contributed by atoms with Crippen LogP contribution < -0.4 is 0 Å². The molecule has 0 spiro atoms. The second-order valence-electron chi connectivity index (χ2n) is 12.7. The van der Waals surface area contributed by atoms with Crippen molar-refractivity contribution in [1.82, 2.24) is 9.88 Å². The largest absolute Gasteiger partial charge is 0.379 e. The Morgan fingerprint density at radius 2 is 1.76 bits per heavy atom. The number of morpholine rings is 1. The summed E-state index contributed by atoms with van der Waals surface area (Å²) in [4.78, 5) is 7.17. The molecule has 0 bridgehead atoms. The molecule has 1 aromatic heterocycles. The smallest absolute Gasteiger partial charge is 0.0594 e. The summed E-state index contributed by atoms with van der Waals surface area (Å²) in [5.74, 6) is 5.70. The molecule has 1 aromatic carbocycles. The quantitative estimate of drug-likeness (QED) is 0.502. The van der Waals surface area contributed by atoms with Crippen LogP contribution in [0.4, 0.5) is 0 Å². The normalized spacial score (nSPS) is 42.7. The fourth-order valence-corrected chi connectivity index (χ4v) is 9.97. The summed E-state index contributed by atoms with van der Waals surface area (Å²) < 4.78 is 5.63. The highest BCUT2D eigenvalue weighted by Crippen LogP contribution is 2.66. The number of fused-ring (bicyclic) bond motifs is 6. The zero-order valence-electron chi connectivity index (χ0n) is 21.0. The minimum Gasteiger partial charge on any atom is -0.379 e. The van der Waals surface area contributed by atoms with Crippen LogP contribution in [0, 0.1) is 35.0 Å². The first-order valence-electron chi connectivity index (χ1n) is 14.4. The van der Waals surface area contributed by atoms with Crippen molar-refractivity contribution in [2.45, 2.75) is 76.7 Å². The van der Waals surface area contributed by atoms with E-state index in [1.165, 1.54) is 81.6 Å². The van der Waals surface area contributed by atoms with Crippen molar-refractivity contribution >= 4 is 10.8 Å². The Balaban J connectivity index is 1.08. The van der Waals surface area contributed by atoms with Crippen molar-refractivity contribution in [2.24, 2.45) is 35.0 Å². The van der Waals surface area contributed by atoms with Crippen LogP contribution in [0.3, 0.4) is 0 Å². The maximum atomic E-state index is 5.63. The van der Waals surface area contributed by atoms with Gasteiger partial charge in [-0.2, -0.15) is 0 Å². The number of rotatable bonds is 2. The molecule has 182 valence electrons.